The molecule has 2 aliphatic rings. The smallest absolute Gasteiger partial charge is 0.253 e. The summed E-state index contributed by atoms with van der Waals surface area (Å²) in [5.74, 6) is 0.139. The quantitative estimate of drug-likeness (QED) is 0.898. The number of benzene rings is 1. The molecule has 1 amide bonds. The van der Waals surface area contributed by atoms with Crippen LogP contribution in [0.5, 0.6) is 0 Å². The van der Waals surface area contributed by atoms with E-state index < -0.39 is 0 Å². The van der Waals surface area contributed by atoms with E-state index in [2.05, 4.69) is 15.3 Å². The molecule has 7 heteroatoms. The molecule has 0 saturated carbocycles. The lowest BCUT2D eigenvalue weighted by molar-refractivity contribution is 0.0773. The lowest BCUT2D eigenvalue weighted by Gasteiger charge is -2.32. The molecule has 2 aliphatic heterocycles. The first-order valence-corrected chi connectivity index (χ1v) is 8.65. The van der Waals surface area contributed by atoms with Crippen molar-refractivity contribution >= 4 is 18.3 Å². The molecule has 0 spiro atoms. The molecule has 4 rings (SSSR count). The first-order chi connectivity index (χ1) is 11.8. The topological polar surface area (TPSA) is 53.4 Å². The minimum atomic E-state index is 0. The Morgan fingerprint density at radius 3 is 2.56 bits per heavy atom. The first kappa shape index (κ1) is 17.9. The fourth-order valence-corrected chi connectivity index (χ4v) is 3.63. The van der Waals surface area contributed by atoms with Crippen molar-refractivity contribution in [1.82, 2.24) is 24.9 Å². The summed E-state index contributed by atoms with van der Waals surface area (Å²) in [5, 5.41) is 7.60. The zero-order chi connectivity index (χ0) is 16.4. The molecule has 0 radical (unpaired) electrons. The van der Waals surface area contributed by atoms with Crippen LogP contribution in [0.15, 0.2) is 42.7 Å². The molecule has 3 heterocycles. The van der Waals surface area contributed by atoms with Crippen LogP contribution in [-0.4, -0.2) is 70.8 Å². The third-order valence-corrected chi connectivity index (χ3v) is 5.00. The Balaban J connectivity index is 0.00000182. The third kappa shape index (κ3) is 3.86. The molecule has 2 fully saturated rings. The Kier molecular flexibility index (Phi) is 5.73. The van der Waals surface area contributed by atoms with Crippen LogP contribution in [-0.2, 0) is 0 Å². The van der Waals surface area contributed by atoms with E-state index in [1.54, 1.807) is 10.9 Å². The average molecular weight is 362 g/mol. The second-order valence-electron chi connectivity index (χ2n) is 6.48. The summed E-state index contributed by atoms with van der Waals surface area (Å²) in [5.41, 5.74) is 1.73. The fourth-order valence-electron chi connectivity index (χ4n) is 3.63. The van der Waals surface area contributed by atoms with Crippen LogP contribution in [0.25, 0.3) is 5.69 Å². The Morgan fingerprint density at radius 2 is 1.88 bits per heavy atom. The highest BCUT2D eigenvalue weighted by Crippen LogP contribution is 2.19. The molecule has 1 aromatic heterocycles. The van der Waals surface area contributed by atoms with Crippen molar-refractivity contribution in [3.8, 4) is 5.69 Å². The van der Waals surface area contributed by atoms with E-state index in [9.17, 15) is 4.79 Å². The van der Waals surface area contributed by atoms with E-state index in [0.29, 0.717) is 6.04 Å². The molecule has 2 aromatic rings. The van der Waals surface area contributed by atoms with Crippen LogP contribution < -0.4 is 5.32 Å². The highest BCUT2D eigenvalue weighted by Gasteiger charge is 2.31. The minimum Gasteiger partial charge on any atom is -0.337 e. The van der Waals surface area contributed by atoms with Crippen LogP contribution >= 0.6 is 12.4 Å². The highest BCUT2D eigenvalue weighted by molar-refractivity contribution is 5.94. The number of halogens is 1. The van der Waals surface area contributed by atoms with Gasteiger partial charge < -0.3 is 10.2 Å². The standard InChI is InChI=1S/C18H23N5O.ClH/c24-18(15-2-4-16(5-3-15)23-10-1-7-20-23)22-11-6-17(14-22)21-12-8-19-9-13-21;/h1-5,7,10,17,19H,6,8-9,11-14H2;1H. The van der Waals surface area contributed by atoms with Crippen LogP contribution in [0.4, 0.5) is 0 Å². The second kappa shape index (κ2) is 7.99. The first-order valence-electron chi connectivity index (χ1n) is 8.65. The lowest BCUT2D eigenvalue weighted by Crippen LogP contribution is -2.49. The third-order valence-electron chi connectivity index (χ3n) is 5.00. The van der Waals surface area contributed by atoms with E-state index in [0.717, 1.165) is 56.9 Å². The van der Waals surface area contributed by atoms with Gasteiger partial charge in [-0.25, -0.2) is 4.68 Å². The highest BCUT2D eigenvalue weighted by atomic mass is 35.5. The number of likely N-dealkylation sites (tertiary alicyclic amines) is 1. The minimum absolute atomic E-state index is 0. The molecule has 2 saturated heterocycles. The number of amides is 1. The molecule has 1 atom stereocenters. The van der Waals surface area contributed by atoms with Crippen LogP contribution in [0.3, 0.4) is 0 Å². The summed E-state index contributed by atoms with van der Waals surface area (Å²) in [4.78, 5) is 17.3. The van der Waals surface area contributed by atoms with Gasteiger partial charge in [0.15, 0.2) is 0 Å². The Labute approximate surface area is 154 Å². The van der Waals surface area contributed by atoms with Gasteiger partial charge in [-0.3, -0.25) is 9.69 Å². The summed E-state index contributed by atoms with van der Waals surface area (Å²) < 4.78 is 1.80. The van der Waals surface area contributed by atoms with Crippen molar-refractivity contribution in [3.05, 3.63) is 48.3 Å². The Hall–Kier alpha value is -1.89. The van der Waals surface area contributed by atoms with Gasteiger partial charge in [0.25, 0.3) is 5.91 Å². The van der Waals surface area contributed by atoms with Gasteiger partial charge in [-0.1, -0.05) is 0 Å². The molecule has 0 aliphatic carbocycles. The maximum absolute atomic E-state index is 12.7. The number of aromatic nitrogens is 2. The maximum Gasteiger partial charge on any atom is 0.253 e. The van der Waals surface area contributed by atoms with Gasteiger partial charge in [-0.15, -0.1) is 12.4 Å². The van der Waals surface area contributed by atoms with Gasteiger partial charge in [0, 0.05) is 63.3 Å². The Morgan fingerprint density at radius 1 is 1.12 bits per heavy atom. The van der Waals surface area contributed by atoms with Crippen LogP contribution in [0.2, 0.25) is 0 Å². The monoisotopic (exact) mass is 361 g/mol. The summed E-state index contributed by atoms with van der Waals surface area (Å²) >= 11 is 0. The molecular formula is C18H24ClN5O. The van der Waals surface area contributed by atoms with Gasteiger partial charge in [-0.05, 0) is 36.8 Å². The van der Waals surface area contributed by atoms with Gasteiger partial charge in [0.05, 0.1) is 5.69 Å². The number of carbonyl (C=O) groups excluding carboxylic acids is 1. The van der Waals surface area contributed by atoms with E-state index in [-0.39, 0.29) is 18.3 Å². The van der Waals surface area contributed by atoms with Crippen molar-refractivity contribution in [2.75, 3.05) is 39.3 Å². The molecule has 25 heavy (non-hydrogen) atoms. The molecule has 6 nitrogen and oxygen atoms in total. The zero-order valence-corrected chi connectivity index (χ0v) is 15.0. The molecule has 134 valence electrons. The molecule has 1 aromatic carbocycles. The van der Waals surface area contributed by atoms with Crippen molar-refractivity contribution in [2.45, 2.75) is 12.5 Å². The SMILES string of the molecule is Cl.O=C(c1ccc(-n2cccn2)cc1)N1CCC(N2CCNCC2)C1. The van der Waals surface area contributed by atoms with E-state index in [1.165, 1.54) is 0 Å². The number of nitrogens with one attached hydrogen (secondary N) is 1. The van der Waals surface area contributed by atoms with Gasteiger partial charge >= 0.3 is 0 Å². The predicted octanol–water partition coefficient (Wildman–Crippen LogP) is 1.41. The second-order valence-corrected chi connectivity index (χ2v) is 6.48. The predicted molar refractivity (Wildman–Crippen MR) is 99.6 cm³/mol. The van der Waals surface area contributed by atoms with E-state index >= 15 is 0 Å². The number of hydrogen-bond acceptors (Lipinski definition) is 4. The normalized spacial score (nSPS) is 21.1. The summed E-state index contributed by atoms with van der Waals surface area (Å²) in [6.45, 7) is 5.99. The molecule has 1 unspecified atom stereocenters. The number of hydrogen-bond donors (Lipinski definition) is 1. The van der Waals surface area contributed by atoms with E-state index in [1.807, 2.05) is 41.4 Å². The van der Waals surface area contributed by atoms with Gasteiger partial charge in [-0.2, -0.15) is 5.10 Å². The summed E-state index contributed by atoms with van der Waals surface area (Å²) in [6, 6.07) is 10.1. The van der Waals surface area contributed by atoms with Crippen LogP contribution in [0.1, 0.15) is 16.8 Å². The summed E-state index contributed by atoms with van der Waals surface area (Å²) in [6.07, 6.45) is 4.73. The number of rotatable bonds is 3. The van der Waals surface area contributed by atoms with E-state index in [4.69, 9.17) is 0 Å². The van der Waals surface area contributed by atoms with Crippen molar-refractivity contribution in [3.63, 3.8) is 0 Å². The van der Waals surface area contributed by atoms with Gasteiger partial charge in [0.1, 0.15) is 0 Å². The molecule has 0 bridgehead atoms. The lowest BCUT2D eigenvalue weighted by atomic mass is 10.2. The van der Waals surface area contributed by atoms with Crippen LogP contribution in [0, 0.1) is 0 Å². The van der Waals surface area contributed by atoms with Gasteiger partial charge in [0.2, 0.25) is 0 Å². The number of piperazine rings is 1. The Bertz CT molecular complexity index is 682. The zero-order valence-electron chi connectivity index (χ0n) is 14.2. The molecule has 1 N–H and O–H groups in total. The average Bonchev–Trinajstić information content (AvgIpc) is 3.34. The van der Waals surface area contributed by atoms with Crippen molar-refractivity contribution < 1.29 is 4.79 Å². The van der Waals surface area contributed by atoms with Crippen molar-refractivity contribution in [2.24, 2.45) is 0 Å². The summed E-state index contributed by atoms with van der Waals surface area (Å²) in [7, 11) is 0. The fraction of sp³-hybridized carbons (Fsp3) is 0.444. The molecular weight excluding hydrogens is 338 g/mol. The van der Waals surface area contributed by atoms with Crippen molar-refractivity contribution in [1.29, 1.82) is 0 Å². The number of nitrogens with zero attached hydrogens (tertiary/aromatic N) is 4. The maximum atomic E-state index is 12.7. The number of carbonyl (C=O) groups is 1. The largest absolute Gasteiger partial charge is 0.337 e.